The lowest BCUT2D eigenvalue weighted by molar-refractivity contribution is 0.252. The van der Waals surface area contributed by atoms with Crippen LogP contribution in [0.4, 0.5) is 10.5 Å². The number of halogens is 1. The number of carbonyl (C=O) groups excluding carboxylic acids is 1. The molecule has 0 aliphatic carbocycles. The van der Waals surface area contributed by atoms with Gasteiger partial charge in [-0.1, -0.05) is 66.2 Å². The molecule has 152 valence electrons. The maximum Gasteiger partial charge on any atom is 0.319 e. The maximum atomic E-state index is 12.6. The Balaban J connectivity index is 1.58. The number of amides is 2. The third kappa shape index (κ3) is 4.19. The molecule has 0 bridgehead atoms. The highest BCUT2D eigenvalue weighted by Crippen LogP contribution is 2.31. The van der Waals surface area contributed by atoms with Crippen molar-refractivity contribution in [2.24, 2.45) is 7.05 Å². The molecule has 0 radical (unpaired) electrons. The van der Waals surface area contributed by atoms with Crippen molar-refractivity contribution in [2.45, 2.75) is 12.8 Å². The molecule has 0 saturated heterocycles. The van der Waals surface area contributed by atoms with E-state index in [1.165, 1.54) is 16.5 Å². The summed E-state index contributed by atoms with van der Waals surface area (Å²) in [6, 6.07) is 23.9. The van der Waals surface area contributed by atoms with Gasteiger partial charge in [-0.05, 0) is 41.8 Å². The molecule has 1 heterocycles. The van der Waals surface area contributed by atoms with Crippen LogP contribution < -0.4 is 10.6 Å². The van der Waals surface area contributed by atoms with E-state index in [9.17, 15) is 4.79 Å². The lowest BCUT2D eigenvalue weighted by atomic mass is 9.91. The molecule has 3 aromatic carbocycles. The quantitative estimate of drug-likeness (QED) is 0.405. The average Bonchev–Trinajstić information content (AvgIpc) is 3.08. The van der Waals surface area contributed by atoms with Gasteiger partial charge in [-0.3, -0.25) is 0 Å². The van der Waals surface area contributed by atoms with Crippen LogP contribution in [0.25, 0.3) is 10.9 Å². The Kier molecular flexibility index (Phi) is 5.77. The van der Waals surface area contributed by atoms with E-state index in [4.69, 9.17) is 11.6 Å². The molecule has 2 N–H and O–H groups in total. The molecule has 5 heteroatoms. The number of rotatable bonds is 5. The normalized spacial score (nSPS) is 12.0. The molecule has 4 rings (SSSR count). The standard InChI is InChI=1S/C25H24ClN3O/c1-17-12-13-19(14-23(17)26)28-25(30)27-15-21(18-8-4-3-5-9-18)22-16-29(2)24-11-7-6-10-20(22)24/h3-14,16,21H,15H2,1-2H3,(H2,27,28,30)/t21-/m1/s1. The van der Waals surface area contributed by atoms with E-state index < -0.39 is 0 Å². The fourth-order valence-electron chi connectivity index (χ4n) is 3.78. The monoisotopic (exact) mass is 417 g/mol. The minimum Gasteiger partial charge on any atom is -0.350 e. The minimum absolute atomic E-state index is 0.0321. The zero-order valence-corrected chi connectivity index (χ0v) is 17.8. The van der Waals surface area contributed by atoms with Crippen LogP contribution in [0.2, 0.25) is 5.02 Å². The third-order valence-electron chi connectivity index (χ3n) is 5.40. The first-order valence-corrected chi connectivity index (χ1v) is 10.3. The maximum absolute atomic E-state index is 12.6. The van der Waals surface area contributed by atoms with Crippen molar-refractivity contribution >= 4 is 34.2 Å². The van der Waals surface area contributed by atoms with Crippen molar-refractivity contribution in [2.75, 3.05) is 11.9 Å². The average molecular weight is 418 g/mol. The Bertz CT molecular complexity index is 1180. The Labute approximate surface area is 181 Å². The molecule has 4 nitrogen and oxygen atoms in total. The predicted molar refractivity (Wildman–Crippen MR) is 124 cm³/mol. The Morgan fingerprint density at radius 3 is 2.53 bits per heavy atom. The van der Waals surface area contributed by atoms with Gasteiger partial charge < -0.3 is 15.2 Å². The number of benzene rings is 3. The highest BCUT2D eigenvalue weighted by Gasteiger charge is 2.20. The van der Waals surface area contributed by atoms with Gasteiger partial charge in [0.25, 0.3) is 0 Å². The largest absolute Gasteiger partial charge is 0.350 e. The molecule has 0 unspecified atom stereocenters. The summed E-state index contributed by atoms with van der Waals surface area (Å²) in [6.07, 6.45) is 2.15. The number of anilines is 1. The molecular weight excluding hydrogens is 394 g/mol. The van der Waals surface area contributed by atoms with Crippen LogP contribution in [0, 0.1) is 6.92 Å². The van der Waals surface area contributed by atoms with Gasteiger partial charge in [0.05, 0.1) is 0 Å². The lowest BCUT2D eigenvalue weighted by Crippen LogP contribution is -2.32. The number of hydrogen-bond acceptors (Lipinski definition) is 1. The number of urea groups is 1. The third-order valence-corrected chi connectivity index (χ3v) is 5.81. The summed E-state index contributed by atoms with van der Waals surface area (Å²) in [6.45, 7) is 2.41. The Hall–Kier alpha value is -3.24. The number of aryl methyl sites for hydroxylation is 2. The van der Waals surface area contributed by atoms with Crippen molar-refractivity contribution in [1.29, 1.82) is 0 Å². The van der Waals surface area contributed by atoms with Crippen molar-refractivity contribution in [3.05, 3.63) is 101 Å². The predicted octanol–water partition coefficient (Wildman–Crippen LogP) is 6.09. The molecule has 2 amide bonds. The molecule has 0 saturated carbocycles. The second-order valence-electron chi connectivity index (χ2n) is 7.47. The summed E-state index contributed by atoms with van der Waals surface area (Å²) in [5.74, 6) is 0.0321. The number of fused-ring (bicyclic) bond motifs is 1. The highest BCUT2D eigenvalue weighted by molar-refractivity contribution is 6.31. The summed E-state index contributed by atoms with van der Waals surface area (Å²) in [5, 5.41) is 7.73. The molecule has 0 fully saturated rings. The number of hydrogen-bond donors (Lipinski definition) is 2. The van der Waals surface area contributed by atoms with Crippen LogP contribution in [0.3, 0.4) is 0 Å². The van der Waals surface area contributed by atoms with Gasteiger partial charge in [-0.25, -0.2) is 4.79 Å². The van der Waals surface area contributed by atoms with Gasteiger partial charge in [0.2, 0.25) is 0 Å². The van der Waals surface area contributed by atoms with E-state index in [0.717, 1.165) is 11.1 Å². The SMILES string of the molecule is Cc1ccc(NC(=O)NC[C@H](c2ccccc2)c2cn(C)c3ccccc23)cc1Cl. The summed E-state index contributed by atoms with van der Waals surface area (Å²) in [7, 11) is 2.05. The van der Waals surface area contributed by atoms with Gasteiger partial charge in [-0.15, -0.1) is 0 Å². The van der Waals surface area contributed by atoms with Crippen molar-refractivity contribution in [1.82, 2.24) is 9.88 Å². The van der Waals surface area contributed by atoms with Gasteiger partial charge >= 0.3 is 6.03 Å². The minimum atomic E-state index is -0.254. The van der Waals surface area contributed by atoms with Crippen molar-refractivity contribution in [3.63, 3.8) is 0 Å². The molecule has 0 spiro atoms. The van der Waals surface area contributed by atoms with Crippen LogP contribution >= 0.6 is 11.6 Å². The first-order valence-electron chi connectivity index (χ1n) is 9.93. The summed E-state index contributed by atoms with van der Waals surface area (Å²) < 4.78 is 2.13. The smallest absolute Gasteiger partial charge is 0.319 e. The zero-order valence-electron chi connectivity index (χ0n) is 17.0. The fourth-order valence-corrected chi connectivity index (χ4v) is 3.96. The van der Waals surface area contributed by atoms with E-state index in [1.54, 1.807) is 6.07 Å². The number of aromatic nitrogens is 1. The molecular formula is C25H24ClN3O. The van der Waals surface area contributed by atoms with Gasteiger partial charge in [0.15, 0.2) is 0 Å². The molecule has 0 aliphatic heterocycles. The highest BCUT2D eigenvalue weighted by atomic mass is 35.5. The van der Waals surface area contributed by atoms with Crippen LogP contribution in [0.5, 0.6) is 0 Å². The van der Waals surface area contributed by atoms with Crippen molar-refractivity contribution < 1.29 is 4.79 Å². The molecule has 0 aliphatic rings. The molecule has 1 aromatic heterocycles. The number of carbonyl (C=O) groups is 1. The summed E-state index contributed by atoms with van der Waals surface area (Å²) >= 11 is 6.17. The Morgan fingerprint density at radius 2 is 1.77 bits per heavy atom. The first-order chi connectivity index (χ1) is 14.5. The van der Waals surface area contributed by atoms with Crippen LogP contribution in [0.15, 0.2) is 79.0 Å². The van der Waals surface area contributed by atoms with Gasteiger partial charge in [0.1, 0.15) is 0 Å². The zero-order chi connectivity index (χ0) is 21.1. The fraction of sp³-hybridized carbons (Fsp3) is 0.160. The van der Waals surface area contributed by atoms with E-state index in [1.807, 2.05) is 43.3 Å². The molecule has 4 aromatic rings. The van der Waals surface area contributed by atoms with E-state index >= 15 is 0 Å². The van der Waals surface area contributed by atoms with Gasteiger partial charge in [0, 0.05) is 47.3 Å². The summed E-state index contributed by atoms with van der Waals surface area (Å²) in [4.78, 5) is 12.6. The Morgan fingerprint density at radius 1 is 1.03 bits per heavy atom. The lowest BCUT2D eigenvalue weighted by Gasteiger charge is -2.18. The first kappa shape index (κ1) is 20.0. The van der Waals surface area contributed by atoms with Crippen LogP contribution in [0.1, 0.15) is 22.6 Å². The van der Waals surface area contributed by atoms with E-state index in [-0.39, 0.29) is 11.9 Å². The van der Waals surface area contributed by atoms with Crippen LogP contribution in [-0.2, 0) is 7.05 Å². The number of para-hydroxylation sites is 1. The number of nitrogens with zero attached hydrogens (tertiary/aromatic N) is 1. The molecule has 1 atom stereocenters. The number of nitrogens with one attached hydrogen (secondary N) is 2. The summed E-state index contributed by atoms with van der Waals surface area (Å²) in [5.41, 5.74) is 5.17. The topological polar surface area (TPSA) is 46.1 Å². The molecule has 30 heavy (non-hydrogen) atoms. The van der Waals surface area contributed by atoms with Crippen LogP contribution in [-0.4, -0.2) is 17.1 Å². The van der Waals surface area contributed by atoms with Gasteiger partial charge in [-0.2, -0.15) is 0 Å². The second kappa shape index (κ2) is 8.64. The second-order valence-corrected chi connectivity index (χ2v) is 7.88. The van der Waals surface area contributed by atoms with Crippen molar-refractivity contribution in [3.8, 4) is 0 Å². The van der Waals surface area contributed by atoms with E-state index in [0.29, 0.717) is 17.3 Å². The van der Waals surface area contributed by atoms with E-state index in [2.05, 4.69) is 58.8 Å².